The number of rotatable bonds is 11. The number of nitro benzene ring substituents is 1. The smallest absolute Gasteiger partial charge is 0.271 e. The number of nitro groups is 1. The number of non-ortho nitro benzene ring substituents is 1. The van der Waals surface area contributed by atoms with E-state index < -0.39 is 39.3 Å². The summed E-state index contributed by atoms with van der Waals surface area (Å²) in [4.78, 5) is 39.2. The van der Waals surface area contributed by atoms with Gasteiger partial charge in [-0.3, -0.25) is 24.0 Å². The van der Waals surface area contributed by atoms with Crippen molar-refractivity contribution in [1.29, 1.82) is 0 Å². The lowest BCUT2D eigenvalue weighted by molar-refractivity contribution is -0.384. The molecule has 0 aliphatic carbocycles. The van der Waals surface area contributed by atoms with Gasteiger partial charge in [-0.2, -0.15) is 0 Å². The summed E-state index contributed by atoms with van der Waals surface area (Å²) in [6.45, 7) is 2.92. The molecule has 0 spiro atoms. The Morgan fingerprint density at radius 1 is 0.974 bits per heavy atom. The fraction of sp³-hybridized carbons (Fsp3) is 0.286. The van der Waals surface area contributed by atoms with Crippen LogP contribution in [-0.4, -0.2) is 55.9 Å². The van der Waals surface area contributed by atoms with Crippen LogP contribution in [0.25, 0.3) is 0 Å². The molecule has 0 aliphatic heterocycles. The van der Waals surface area contributed by atoms with Gasteiger partial charge in [0, 0.05) is 32.1 Å². The average Bonchev–Trinajstić information content (AvgIpc) is 2.89. The molecule has 0 bridgehead atoms. The quantitative estimate of drug-likeness (QED) is 0.287. The second-order valence-corrected chi connectivity index (χ2v) is 11.2. The van der Waals surface area contributed by atoms with Gasteiger partial charge in [-0.1, -0.05) is 66.2 Å². The first-order valence-corrected chi connectivity index (χ1v) is 14.1. The van der Waals surface area contributed by atoms with Crippen LogP contribution in [0.15, 0.2) is 72.8 Å². The van der Waals surface area contributed by atoms with Gasteiger partial charge in [0.1, 0.15) is 12.6 Å². The second-order valence-electron chi connectivity index (χ2n) is 9.33. The molecule has 2 amide bonds. The molecule has 3 aromatic carbocycles. The highest BCUT2D eigenvalue weighted by molar-refractivity contribution is 7.92. The molecule has 0 saturated heterocycles. The van der Waals surface area contributed by atoms with Crippen LogP contribution in [0.2, 0.25) is 0 Å². The van der Waals surface area contributed by atoms with Crippen molar-refractivity contribution < 1.29 is 22.9 Å². The van der Waals surface area contributed by atoms with Gasteiger partial charge in [-0.25, -0.2) is 8.42 Å². The number of nitrogens with zero attached hydrogens (tertiary/aromatic N) is 3. The highest BCUT2D eigenvalue weighted by atomic mass is 32.2. The van der Waals surface area contributed by atoms with E-state index >= 15 is 0 Å². The SMILES string of the molecule is CNC(=O)[C@H](Cc1ccccc1)N(Cc1cccc(C)c1)C(=O)CN(c1cc([N+](=O)[O-])ccc1C)S(C)(=O)=O. The number of sulfonamides is 1. The Bertz CT molecular complexity index is 1460. The minimum Gasteiger partial charge on any atom is -0.357 e. The number of carbonyl (C=O) groups is 2. The normalized spacial score (nSPS) is 11.9. The van der Waals surface area contributed by atoms with E-state index in [0.29, 0.717) is 5.56 Å². The number of aryl methyl sites for hydroxylation is 2. The van der Waals surface area contributed by atoms with E-state index in [4.69, 9.17) is 0 Å². The van der Waals surface area contributed by atoms with Crippen LogP contribution >= 0.6 is 0 Å². The molecule has 0 saturated carbocycles. The highest BCUT2D eigenvalue weighted by Gasteiger charge is 2.33. The molecule has 206 valence electrons. The fourth-order valence-electron chi connectivity index (χ4n) is 4.30. The summed E-state index contributed by atoms with van der Waals surface area (Å²) in [5.74, 6) is -1.03. The molecule has 3 aromatic rings. The highest BCUT2D eigenvalue weighted by Crippen LogP contribution is 2.28. The Labute approximate surface area is 228 Å². The predicted octanol–water partition coefficient (Wildman–Crippen LogP) is 3.36. The lowest BCUT2D eigenvalue weighted by Gasteiger charge is -2.33. The van der Waals surface area contributed by atoms with E-state index in [2.05, 4.69) is 5.32 Å². The van der Waals surface area contributed by atoms with Crippen LogP contribution in [0.1, 0.15) is 22.3 Å². The summed E-state index contributed by atoms with van der Waals surface area (Å²) in [7, 11) is -2.56. The summed E-state index contributed by atoms with van der Waals surface area (Å²) >= 11 is 0. The van der Waals surface area contributed by atoms with Gasteiger partial charge in [0.2, 0.25) is 21.8 Å². The van der Waals surface area contributed by atoms with E-state index in [1.165, 1.54) is 24.1 Å². The number of nitrogens with one attached hydrogen (secondary N) is 1. The van der Waals surface area contributed by atoms with Gasteiger partial charge < -0.3 is 10.2 Å². The number of likely N-dealkylation sites (N-methyl/N-ethyl adjacent to an activating group) is 1. The van der Waals surface area contributed by atoms with Crippen molar-refractivity contribution in [1.82, 2.24) is 10.2 Å². The molecule has 10 nitrogen and oxygen atoms in total. The molecule has 1 atom stereocenters. The van der Waals surface area contributed by atoms with E-state index in [0.717, 1.165) is 33.3 Å². The van der Waals surface area contributed by atoms with E-state index in [1.807, 2.05) is 61.5 Å². The minimum atomic E-state index is -4.04. The van der Waals surface area contributed by atoms with Crippen LogP contribution in [0.4, 0.5) is 11.4 Å². The van der Waals surface area contributed by atoms with Crippen LogP contribution in [0.3, 0.4) is 0 Å². The summed E-state index contributed by atoms with van der Waals surface area (Å²) < 4.78 is 26.6. The molecule has 0 aliphatic rings. The molecule has 0 heterocycles. The Kier molecular flexibility index (Phi) is 9.42. The first-order chi connectivity index (χ1) is 18.4. The number of hydrogen-bond acceptors (Lipinski definition) is 6. The zero-order valence-electron chi connectivity index (χ0n) is 22.3. The molecule has 0 unspecified atom stereocenters. The minimum absolute atomic E-state index is 0.0232. The number of benzene rings is 3. The van der Waals surface area contributed by atoms with Crippen molar-refractivity contribution in [3.8, 4) is 0 Å². The largest absolute Gasteiger partial charge is 0.357 e. The van der Waals surface area contributed by atoms with Gasteiger partial charge in [0.15, 0.2) is 0 Å². The summed E-state index contributed by atoms with van der Waals surface area (Å²) in [6, 6.07) is 19.6. The van der Waals surface area contributed by atoms with Gasteiger partial charge in [-0.05, 0) is 30.5 Å². The topological polar surface area (TPSA) is 130 Å². The van der Waals surface area contributed by atoms with Crippen molar-refractivity contribution in [3.05, 3.63) is 105 Å². The van der Waals surface area contributed by atoms with Crippen LogP contribution in [0.5, 0.6) is 0 Å². The van der Waals surface area contributed by atoms with Gasteiger partial charge in [0.05, 0.1) is 16.9 Å². The van der Waals surface area contributed by atoms with Crippen LogP contribution < -0.4 is 9.62 Å². The Morgan fingerprint density at radius 2 is 1.64 bits per heavy atom. The number of amides is 2. The van der Waals surface area contributed by atoms with E-state index in [-0.39, 0.29) is 24.3 Å². The lowest BCUT2D eigenvalue weighted by atomic mass is 10.0. The molecular formula is C28H32N4O6S. The summed E-state index contributed by atoms with van der Waals surface area (Å²) in [5, 5.41) is 14.0. The maximum absolute atomic E-state index is 14.0. The van der Waals surface area contributed by atoms with Crippen molar-refractivity contribution in [2.75, 3.05) is 24.2 Å². The molecule has 0 fully saturated rings. The summed E-state index contributed by atoms with van der Waals surface area (Å²) in [6.07, 6.45) is 1.14. The standard InChI is InChI=1S/C28H32N4O6S/c1-20-9-8-12-23(15-20)18-30(26(28(34)29-3)16-22-10-6-5-7-11-22)27(33)19-31(39(4,37)38)25-17-24(32(35)36)14-13-21(25)2/h5-15,17,26H,16,18-19H2,1-4H3,(H,29,34)/t26-/m0/s1. The predicted molar refractivity (Wildman–Crippen MR) is 150 cm³/mol. The van der Waals surface area contributed by atoms with Gasteiger partial charge in [-0.15, -0.1) is 0 Å². The number of hydrogen-bond donors (Lipinski definition) is 1. The maximum atomic E-state index is 14.0. The third kappa shape index (κ3) is 7.64. The van der Waals surface area contributed by atoms with Crippen LogP contribution in [-0.2, 0) is 32.6 Å². The molecule has 0 aromatic heterocycles. The van der Waals surface area contributed by atoms with Crippen LogP contribution in [0, 0.1) is 24.0 Å². The van der Waals surface area contributed by atoms with Crippen molar-refractivity contribution in [3.63, 3.8) is 0 Å². The first-order valence-electron chi connectivity index (χ1n) is 12.2. The average molecular weight is 553 g/mol. The molecule has 1 N–H and O–H groups in total. The van der Waals surface area contributed by atoms with Crippen molar-refractivity contribution in [2.24, 2.45) is 0 Å². The third-order valence-corrected chi connectivity index (χ3v) is 7.43. The molecular weight excluding hydrogens is 520 g/mol. The zero-order chi connectivity index (χ0) is 28.7. The molecule has 39 heavy (non-hydrogen) atoms. The first kappa shape index (κ1) is 29.3. The lowest BCUT2D eigenvalue weighted by Crippen LogP contribution is -2.53. The van der Waals surface area contributed by atoms with E-state index in [9.17, 15) is 28.1 Å². The summed E-state index contributed by atoms with van der Waals surface area (Å²) in [5.41, 5.74) is 2.71. The fourth-order valence-corrected chi connectivity index (χ4v) is 5.20. The third-order valence-electron chi connectivity index (χ3n) is 6.30. The van der Waals surface area contributed by atoms with Crippen molar-refractivity contribution >= 4 is 33.2 Å². The Morgan fingerprint density at radius 3 is 2.23 bits per heavy atom. The number of carbonyl (C=O) groups excluding carboxylic acids is 2. The number of anilines is 1. The van der Waals surface area contributed by atoms with E-state index in [1.54, 1.807) is 6.92 Å². The Hall–Kier alpha value is -4.25. The Balaban J connectivity index is 2.08. The van der Waals surface area contributed by atoms with Gasteiger partial charge in [0.25, 0.3) is 5.69 Å². The monoisotopic (exact) mass is 552 g/mol. The van der Waals surface area contributed by atoms with Gasteiger partial charge >= 0.3 is 0 Å². The van der Waals surface area contributed by atoms with Crippen molar-refractivity contribution in [2.45, 2.75) is 32.9 Å². The molecule has 3 rings (SSSR count). The molecule has 0 radical (unpaired) electrons. The maximum Gasteiger partial charge on any atom is 0.271 e. The zero-order valence-corrected chi connectivity index (χ0v) is 23.1. The second kappa shape index (κ2) is 12.5. The molecule has 11 heteroatoms.